The molecular weight excluding hydrogens is 200 g/mol. The summed E-state index contributed by atoms with van der Waals surface area (Å²) in [7, 11) is 0. The molecule has 0 atom stereocenters. The van der Waals surface area contributed by atoms with Gasteiger partial charge >= 0.3 is 0 Å². The van der Waals surface area contributed by atoms with Crippen LogP contribution in [0.5, 0.6) is 0 Å². The molecule has 76 valence electrons. The van der Waals surface area contributed by atoms with Crippen LogP contribution in [0.2, 0.25) is 5.02 Å². The van der Waals surface area contributed by atoms with Crippen LogP contribution in [-0.2, 0) is 0 Å². The number of carbonyl (C=O) groups is 1. The van der Waals surface area contributed by atoms with Gasteiger partial charge in [-0.2, -0.15) is 0 Å². The molecule has 0 aliphatic rings. The number of amides is 1. The van der Waals surface area contributed by atoms with Gasteiger partial charge in [0.05, 0.1) is 10.6 Å². The molecule has 0 spiro atoms. The van der Waals surface area contributed by atoms with Gasteiger partial charge < -0.3 is 5.32 Å². The molecule has 0 aliphatic carbocycles. The molecule has 1 heterocycles. The lowest BCUT2D eigenvalue weighted by Gasteiger charge is -2.20. The molecule has 0 bridgehead atoms. The third kappa shape index (κ3) is 3.00. The third-order valence-corrected chi connectivity index (χ3v) is 1.81. The first-order chi connectivity index (χ1) is 6.40. The van der Waals surface area contributed by atoms with E-state index in [4.69, 9.17) is 11.6 Å². The molecule has 0 saturated carbocycles. The van der Waals surface area contributed by atoms with Crippen molar-refractivity contribution in [3.8, 4) is 0 Å². The average Bonchev–Trinajstić information content (AvgIpc) is 2.01. The normalized spacial score (nSPS) is 11.1. The van der Waals surface area contributed by atoms with E-state index in [1.54, 1.807) is 12.3 Å². The third-order valence-electron chi connectivity index (χ3n) is 1.51. The highest BCUT2D eigenvalue weighted by Gasteiger charge is 2.16. The maximum Gasteiger partial charge on any atom is 0.253 e. The van der Waals surface area contributed by atoms with Crippen LogP contribution in [0.25, 0.3) is 0 Å². The van der Waals surface area contributed by atoms with Crippen LogP contribution in [0.15, 0.2) is 18.5 Å². The van der Waals surface area contributed by atoms with Gasteiger partial charge in [0.15, 0.2) is 0 Å². The van der Waals surface area contributed by atoms with E-state index in [1.807, 2.05) is 20.8 Å². The van der Waals surface area contributed by atoms with Gasteiger partial charge in [-0.3, -0.25) is 9.78 Å². The predicted octanol–water partition coefficient (Wildman–Crippen LogP) is 2.26. The van der Waals surface area contributed by atoms with Gasteiger partial charge in [0.25, 0.3) is 5.91 Å². The van der Waals surface area contributed by atoms with Crippen molar-refractivity contribution in [1.82, 2.24) is 10.3 Å². The van der Waals surface area contributed by atoms with E-state index in [1.165, 1.54) is 6.20 Å². The van der Waals surface area contributed by atoms with Crippen LogP contribution in [0.1, 0.15) is 31.1 Å². The Bertz CT molecular complexity index is 344. The van der Waals surface area contributed by atoms with E-state index < -0.39 is 0 Å². The fourth-order valence-corrected chi connectivity index (χ4v) is 1.17. The number of nitrogens with zero attached hydrogens (tertiary/aromatic N) is 1. The predicted molar refractivity (Wildman–Crippen MR) is 56.5 cm³/mol. The Balaban J connectivity index is 2.86. The van der Waals surface area contributed by atoms with Gasteiger partial charge in [0.2, 0.25) is 0 Å². The second kappa shape index (κ2) is 3.96. The highest BCUT2D eigenvalue weighted by atomic mass is 35.5. The first-order valence-corrected chi connectivity index (χ1v) is 4.70. The molecule has 0 fully saturated rings. The molecular formula is C10H13ClN2O. The van der Waals surface area contributed by atoms with E-state index in [2.05, 4.69) is 10.3 Å². The molecule has 1 N–H and O–H groups in total. The number of pyridine rings is 1. The van der Waals surface area contributed by atoms with Gasteiger partial charge in [-0.15, -0.1) is 0 Å². The summed E-state index contributed by atoms with van der Waals surface area (Å²) in [6.45, 7) is 5.75. The zero-order valence-electron chi connectivity index (χ0n) is 8.47. The average molecular weight is 213 g/mol. The fourth-order valence-electron chi connectivity index (χ4n) is 0.967. The molecule has 0 saturated heterocycles. The summed E-state index contributed by atoms with van der Waals surface area (Å²) in [5, 5.41) is 3.19. The zero-order valence-corrected chi connectivity index (χ0v) is 9.22. The highest BCUT2D eigenvalue weighted by Crippen LogP contribution is 2.14. The van der Waals surface area contributed by atoms with Crippen LogP contribution in [0.4, 0.5) is 0 Å². The molecule has 0 aliphatic heterocycles. The Labute approximate surface area is 88.5 Å². The van der Waals surface area contributed by atoms with Crippen LogP contribution < -0.4 is 5.32 Å². The fraction of sp³-hybridized carbons (Fsp3) is 0.400. The summed E-state index contributed by atoms with van der Waals surface area (Å²) in [6, 6.07) is 1.60. The summed E-state index contributed by atoms with van der Waals surface area (Å²) in [4.78, 5) is 15.5. The lowest BCUT2D eigenvalue weighted by atomic mass is 10.1. The number of nitrogens with one attached hydrogen (secondary N) is 1. The monoisotopic (exact) mass is 212 g/mol. The standard InChI is InChI=1S/C10H13ClN2O/c1-10(2,3)13-9(14)7-4-5-12-6-8(7)11/h4-6H,1-3H3,(H,13,14). The summed E-state index contributed by atoms with van der Waals surface area (Å²) in [5.74, 6) is -0.176. The summed E-state index contributed by atoms with van der Waals surface area (Å²) in [5.41, 5.74) is 0.195. The number of hydrogen-bond donors (Lipinski definition) is 1. The first kappa shape index (κ1) is 11.0. The summed E-state index contributed by atoms with van der Waals surface area (Å²) >= 11 is 5.82. The second-order valence-corrected chi connectivity index (χ2v) is 4.47. The van der Waals surface area contributed by atoms with Crippen molar-refractivity contribution in [1.29, 1.82) is 0 Å². The number of halogens is 1. The van der Waals surface area contributed by atoms with Crippen molar-refractivity contribution in [2.45, 2.75) is 26.3 Å². The van der Waals surface area contributed by atoms with Gasteiger partial charge in [-0.05, 0) is 26.8 Å². The molecule has 0 aromatic carbocycles. The summed E-state index contributed by atoms with van der Waals surface area (Å²) in [6.07, 6.45) is 3.00. The second-order valence-electron chi connectivity index (χ2n) is 4.06. The Kier molecular flexibility index (Phi) is 3.11. The maximum absolute atomic E-state index is 11.7. The van der Waals surface area contributed by atoms with Crippen molar-refractivity contribution in [3.05, 3.63) is 29.0 Å². The lowest BCUT2D eigenvalue weighted by Crippen LogP contribution is -2.40. The van der Waals surface area contributed by atoms with Crippen molar-refractivity contribution in [2.75, 3.05) is 0 Å². The molecule has 4 heteroatoms. The molecule has 1 aromatic heterocycles. The highest BCUT2D eigenvalue weighted by molar-refractivity contribution is 6.33. The number of rotatable bonds is 1. The number of hydrogen-bond acceptors (Lipinski definition) is 2. The van der Waals surface area contributed by atoms with Crippen LogP contribution in [0, 0.1) is 0 Å². The Morgan fingerprint density at radius 2 is 2.14 bits per heavy atom. The van der Waals surface area contributed by atoms with Crippen molar-refractivity contribution < 1.29 is 4.79 Å². The van der Waals surface area contributed by atoms with Crippen LogP contribution in [-0.4, -0.2) is 16.4 Å². The quantitative estimate of drug-likeness (QED) is 0.776. The lowest BCUT2D eigenvalue weighted by molar-refractivity contribution is 0.0919. The molecule has 1 rings (SSSR count). The largest absolute Gasteiger partial charge is 0.347 e. The molecule has 0 radical (unpaired) electrons. The van der Waals surface area contributed by atoms with E-state index in [-0.39, 0.29) is 11.4 Å². The van der Waals surface area contributed by atoms with Crippen molar-refractivity contribution in [2.24, 2.45) is 0 Å². The molecule has 1 amide bonds. The topological polar surface area (TPSA) is 42.0 Å². The maximum atomic E-state index is 11.7. The van der Waals surface area contributed by atoms with Crippen molar-refractivity contribution in [3.63, 3.8) is 0 Å². The van der Waals surface area contributed by atoms with Crippen LogP contribution in [0.3, 0.4) is 0 Å². The van der Waals surface area contributed by atoms with E-state index in [0.29, 0.717) is 10.6 Å². The SMILES string of the molecule is CC(C)(C)NC(=O)c1ccncc1Cl. The van der Waals surface area contributed by atoms with E-state index >= 15 is 0 Å². The van der Waals surface area contributed by atoms with E-state index in [9.17, 15) is 4.79 Å². The van der Waals surface area contributed by atoms with E-state index in [0.717, 1.165) is 0 Å². The van der Waals surface area contributed by atoms with Crippen molar-refractivity contribution >= 4 is 17.5 Å². The minimum Gasteiger partial charge on any atom is -0.347 e. The molecule has 3 nitrogen and oxygen atoms in total. The zero-order chi connectivity index (χ0) is 10.8. The van der Waals surface area contributed by atoms with Crippen LogP contribution >= 0.6 is 11.6 Å². The minimum atomic E-state index is -0.260. The Hall–Kier alpha value is -1.09. The molecule has 0 unspecified atom stereocenters. The molecule has 1 aromatic rings. The minimum absolute atomic E-state index is 0.176. The smallest absolute Gasteiger partial charge is 0.253 e. The molecule has 14 heavy (non-hydrogen) atoms. The van der Waals surface area contributed by atoms with Gasteiger partial charge in [0, 0.05) is 17.9 Å². The van der Waals surface area contributed by atoms with Gasteiger partial charge in [0.1, 0.15) is 0 Å². The Morgan fingerprint density at radius 3 is 2.64 bits per heavy atom. The number of aromatic nitrogens is 1. The summed E-state index contributed by atoms with van der Waals surface area (Å²) < 4.78 is 0. The van der Waals surface area contributed by atoms with Gasteiger partial charge in [-0.1, -0.05) is 11.6 Å². The number of carbonyl (C=O) groups excluding carboxylic acids is 1. The van der Waals surface area contributed by atoms with Gasteiger partial charge in [-0.25, -0.2) is 0 Å². The first-order valence-electron chi connectivity index (χ1n) is 4.32. The Morgan fingerprint density at radius 1 is 1.50 bits per heavy atom.